The number of hydrogen-bond acceptors (Lipinski definition) is 3. The van der Waals surface area contributed by atoms with Crippen molar-refractivity contribution >= 4 is 5.91 Å². The van der Waals surface area contributed by atoms with Gasteiger partial charge in [0.15, 0.2) is 0 Å². The number of nitrogens with zero attached hydrogens (tertiary/aromatic N) is 1. The quantitative estimate of drug-likeness (QED) is 0.784. The van der Waals surface area contributed by atoms with Crippen LogP contribution in [0.2, 0.25) is 0 Å². The van der Waals surface area contributed by atoms with Crippen molar-refractivity contribution in [3.05, 3.63) is 30.1 Å². The number of likely N-dealkylation sites (N-methyl/N-ethyl adjacent to an activating group) is 1. The van der Waals surface area contributed by atoms with Gasteiger partial charge in [0.05, 0.1) is 6.61 Å². The van der Waals surface area contributed by atoms with E-state index in [9.17, 15) is 9.18 Å². The molecule has 0 aliphatic carbocycles. The van der Waals surface area contributed by atoms with E-state index in [2.05, 4.69) is 17.3 Å². The highest BCUT2D eigenvalue weighted by Gasteiger charge is 2.20. The Kier molecular flexibility index (Phi) is 5.99. The van der Waals surface area contributed by atoms with Crippen molar-refractivity contribution in [3.8, 4) is 5.75 Å². The van der Waals surface area contributed by atoms with Crippen molar-refractivity contribution in [1.29, 1.82) is 0 Å². The minimum atomic E-state index is -0.279. The van der Waals surface area contributed by atoms with E-state index in [1.807, 2.05) is 0 Å². The van der Waals surface area contributed by atoms with Crippen LogP contribution in [0.15, 0.2) is 24.3 Å². The maximum atomic E-state index is 12.7. The maximum absolute atomic E-state index is 12.7. The monoisotopic (exact) mass is 294 g/mol. The number of hydrogen-bond donors (Lipinski definition) is 1. The summed E-state index contributed by atoms with van der Waals surface area (Å²) in [7, 11) is 2.10. The molecule has 1 aromatic carbocycles. The smallest absolute Gasteiger partial charge is 0.220 e. The lowest BCUT2D eigenvalue weighted by Gasteiger charge is -2.19. The summed E-state index contributed by atoms with van der Waals surface area (Å²) in [6.07, 6.45) is 3.48. The van der Waals surface area contributed by atoms with E-state index in [1.54, 1.807) is 12.1 Å². The van der Waals surface area contributed by atoms with E-state index in [-0.39, 0.29) is 11.7 Å². The average Bonchev–Trinajstić information content (AvgIpc) is 2.89. The SMILES string of the molecule is CN1CCC[C@@H]1CNC(=O)CCCOc1ccc(F)cc1. The molecule has 1 aliphatic rings. The van der Waals surface area contributed by atoms with Crippen molar-refractivity contribution in [1.82, 2.24) is 10.2 Å². The van der Waals surface area contributed by atoms with Crippen LogP contribution in [0.25, 0.3) is 0 Å². The highest BCUT2D eigenvalue weighted by Crippen LogP contribution is 2.14. The zero-order valence-electron chi connectivity index (χ0n) is 12.5. The number of rotatable bonds is 7. The summed E-state index contributed by atoms with van der Waals surface area (Å²) in [5, 5.41) is 2.98. The van der Waals surface area contributed by atoms with E-state index in [4.69, 9.17) is 4.74 Å². The van der Waals surface area contributed by atoms with Crippen LogP contribution >= 0.6 is 0 Å². The van der Waals surface area contributed by atoms with Crippen molar-refractivity contribution in [2.24, 2.45) is 0 Å². The molecule has 5 heteroatoms. The first-order valence-corrected chi connectivity index (χ1v) is 7.50. The fourth-order valence-corrected chi connectivity index (χ4v) is 2.51. The molecule has 116 valence electrons. The molecule has 0 unspecified atom stereocenters. The summed E-state index contributed by atoms with van der Waals surface area (Å²) in [4.78, 5) is 14.0. The Hall–Kier alpha value is -1.62. The van der Waals surface area contributed by atoms with Gasteiger partial charge in [0.1, 0.15) is 11.6 Å². The molecule has 1 atom stereocenters. The van der Waals surface area contributed by atoms with Crippen molar-refractivity contribution in [3.63, 3.8) is 0 Å². The lowest BCUT2D eigenvalue weighted by molar-refractivity contribution is -0.121. The first-order chi connectivity index (χ1) is 10.1. The van der Waals surface area contributed by atoms with E-state index in [1.165, 1.54) is 18.6 Å². The highest BCUT2D eigenvalue weighted by molar-refractivity contribution is 5.75. The summed E-state index contributed by atoms with van der Waals surface area (Å²) >= 11 is 0. The summed E-state index contributed by atoms with van der Waals surface area (Å²) in [5.41, 5.74) is 0. The molecule has 1 N–H and O–H groups in total. The minimum Gasteiger partial charge on any atom is -0.494 e. The van der Waals surface area contributed by atoms with Gasteiger partial charge in [-0.15, -0.1) is 0 Å². The third-order valence-corrected chi connectivity index (χ3v) is 3.84. The molecule has 0 radical (unpaired) electrons. The van der Waals surface area contributed by atoms with Gasteiger partial charge in [0.25, 0.3) is 0 Å². The maximum Gasteiger partial charge on any atom is 0.220 e. The number of ether oxygens (including phenoxy) is 1. The first-order valence-electron chi connectivity index (χ1n) is 7.50. The van der Waals surface area contributed by atoms with Crippen LogP contribution in [0.4, 0.5) is 4.39 Å². The van der Waals surface area contributed by atoms with Crippen LogP contribution in [0.3, 0.4) is 0 Å². The Morgan fingerprint density at radius 2 is 2.19 bits per heavy atom. The molecule has 0 aromatic heterocycles. The van der Waals surface area contributed by atoms with E-state index in [0.29, 0.717) is 31.2 Å². The molecule has 2 rings (SSSR count). The molecule has 1 aliphatic heterocycles. The molecule has 0 saturated carbocycles. The van der Waals surface area contributed by atoms with Gasteiger partial charge in [0.2, 0.25) is 5.91 Å². The Labute approximate surface area is 125 Å². The molecule has 21 heavy (non-hydrogen) atoms. The third kappa shape index (κ3) is 5.34. The van der Waals surface area contributed by atoms with Crippen LogP contribution < -0.4 is 10.1 Å². The summed E-state index contributed by atoms with van der Waals surface area (Å²) in [6.45, 7) is 2.31. The van der Waals surface area contributed by atoms with Gasteiger partial charge in [-0.2, -0.15) is 0 Å². The van der Waals surface area contributed by atoms with E-state index < -0.39 is 0 Å². The molecule has 1 amide bonds. The van der Waals surface area contributed by atoms with Gasteiger partial charge in [-0.1, -0.05) is 0 Å². The zero-order chi connectivity index (χ0) is 15.1. The zero-order valence-corrected chi connectivity index (χ0v) is 12.5. The summed E-state index contributed by atoms with van der Waals surface area (Å²) < 4.78 is 18.2. The molecule has 1 fully saturated rings. The fourth-order valence-electron chi connectivity index (χ4n) is 2.51. The standard InChI is InChI=1S/C16H23FN2O2/c1-19-10-2-4-14(19)12-18-16(20)5-3-11-21-15-8-6-13(17)7-9-15/h6-9,14H,2-5,10-12H2,1H3,(H,18,20)/t14-/m1/s1. The average molecular weight is 294 g/mol. The number of amides is 1. The first kappa shape index (κ1) is 15.8. The lowest BCUT2D eigenvalue weighted by atomic mass is 10.2. The molecule has 4 nitrogen and oxygen atoms in total. The van der Waals surface area contributed by atoms with Crippen LogP contribution in [-0.2, 0) is 4.79 Å². The normalized spacial score (nSPS) is 18.7. The number of carbonyl (C=O) groups is 1. The second kappa shape index (κ2) is 7.98. The van der Waals surface area contributed by atoms with Gasteiger partial charge < -0.3 is 15.0 Å². The summed E-state index contributed by atoms with van der Waals surface area (Å²) in [6, 6.07) is 6.38. The second-order valence-electron chi connectivity index (χ2n) is 5.49. The van der Waals surface area contributed by atoms with Gasteiger partial charge in [0, 0.05) is 19.0 Å². The molecule has 0 spiro atoms. The Morgan fingerprint density at radius 3 is 2.86 bits per heavy atom. The molecule has 1 heterocycles. The van der Waals surface area contributed by atoms with Crippen LogP contribution in [-0.4, -0.2) is 43.6 Å². The van der Waals surface area contributed by atoms with Gasteiger partial charge >= 0.3 is 0 Å². The van der Waals surface area contributed by atoms with Crippen LogP contribution in [0, 0.1) is 5.82 Å². The number of likely N-dealkylation sites (tertiary alicyclic amines) is 1. The minimum absolute atomic E-state index is 0.0676. The number of halogens is 1. The number of nitrogens with one attached hydrogen (secondary N) is 1. The third-order valence-electron chi connectivity index (χ3n) is 3.84. The lowest BCUT2D eigenvalue weighted by Crippen LogP contribution is -2.38. The van der Waals surface area contributed by atoms with Crippen molar-refractivity contribution < 1.29 is 13.9 Å². The molecule has 1 aromatic rings. The number of carbonyl (C=O) groups excluding carboxylic acids is 1. The Bertz CT molecular complexity index is 450. The second-order valence-corrected chi connectivity index (χ2v) is 5.49. The predicted octanol–water partition coefficient (Wildman–Crippen LogP) is 2.20. The Morgan fingerprint density at radius 1 is 1.43 bits per heavy atom. The highest BCUT2D eigenvalue weighted by atomic mass is 19.1. The van der Waals surface area contributed by atoms with Gasteiger partial charge in [-0.25, -0.2) is 4.39 Å². The van der Waals surface area contributed by atoms with Gasteiger partial charge in [-0.05, 0) is 57.1 Å². The largest absolute Gasteiger partial charge is 0.494 e. The number of benzene rings is 1. The van der Waals surface area contributed by atoms with Gasteiger partial charge in [-0.3, -0.25) is 4.79 Å². The van der Waals surface area contributed by atoms with Crippen molar-refractivity contribution in [2.75, 3.05) is 26.7 Å². The van der Waals surface area contributed by atoms with Crippen molar-refractivity contribution in [2.45, 2.75) is 31.7 Å². The van der Waals surface area contributed by atoms with Crippen LogP contribution in [0.1, 0.15) is 25.7 Å². The van der Waals surface area contributed by atoms with E-state index >= 15 is 0 Å². The fraction of sp³-hybridized carbons (Fsp3) is 0.562. The van der Waals surface area contributed by atoms with E-state index in [0.717, 1.165) is 19.5 Å². The predicted molar refractivity (Wildman–Crippen MR) is 79.8 cm³/mol. The Balaban J connectivity index is 1.55. The molecular formula is C16H23FN2O2. The molecule has 0 bridgehead atoms. The molecule has 1 saturated heterocycles. The van der Waals surface area contributed by atoms with Crippen LogP contribution in [0.5, 0.6) is 5.75 Å². The molecular weight excluding hydrogens is 271 g/mol. The summed E-state index contributed by atoms with van der Waals surface area (Å²) in [5.74, 6) is 0.418. The topological polar surface area (TPSA) is 41.6 Å².